The lowest BCUT2D eigenvalue weighted by Crippen LogP contribution is -2.54. The summed E-state index contributed by atoms with van der Waals surface area (Å²) in [5.74, 6) is 0. The summed E-state index contributed by atoms with van der Waals surface area (Å²) in [5, 5.41) is 0. The van der Waals surface area contributed by atoms with Crippen LogP contribution in [0.15, 0.2) is 12.1 Å². The zero-order valence-electron chi connectivity index (χ0n) is 13.5. The molecule has 0 aromatic heterocycles. The van der Waals surface area contributed by atoms with Gasteiger partial charge in [-0.05, 0) is 51.3 Å². The summed E-state index contributed by atoms with van der Waals surface area (Å²) in [7, 11) is 0. The summed E-state index contributed by atoms with van der Waals surface area (Å²) < 4.78 is 6.00. The maximum absolute atomic E-state index is 6.00. The van der Waals surface area contributed by atoms with Crippen molar-refractivity contribution in [3.8, 4) is 0 Å². The first-order valence-corrected chi connectivity index (χ1v) is 7.48. The van der Waals surface area contributed by atoms with E-state index in [-0.39, 0.29) is 11.7 Å². The monoisotopic (exact) mass is 276 g/mol. The van der Waals surface area contributed by atoms with E-state index in [1.807, 2.05) is 0 Å². The molecule has 1 heterocycles. The first kappa shape index (κ1) is 15.5. The Morgan fingerprint density at radius 2 is 1.85 bits per heavy atom. The Morgan fingerprint density at radius 3 is 2.40 bits per heavy atom. The number of aryl methyl sites for hydroxylation is 3. The molecule has 0 bridgehead atoms. The summed E-state index contributed by atoms with van der Waals surface area (Å²) in [5.41, 5.74) is 11.2. The van der Waals surface area contributed by atoms with E-state index >= 15 is 0 Å². The Labute approximate surface area is 123 Å². The summed E-state index contributed by atoms with van der Waals surface area (Å²) in [6, 6.07) is 4.54. The molecule has 3 heteroatoms. The van der Waals surface area contributed by atoms with Gasteiger partial charge < -0.3 is 10.5 Å². The number of benzene rings is 1. The van der Waals surface area contributed by atoms with Crippen LogP contribution >= 0.6 is 0 Å². The molecule has 1 fully saturated rings. The average Bonchev–Trinajstić information content (AvgIpc) is 2.31. The molecule has 1 saturated heterocycles. The second kappa shape index (κ2) is 5.84. The van der Waals surface area contributed by atoms with Crippen molar-refractivity contribution in [1.82, 2.24) is 4.90 Å². The van der Waals surface area contributed by atoms with Crippen molar-refractivity contribution in [3.63, 3.8) is 0 Å². The molecule has 1 atom stereocenters. The summed E-state index contributed by atoms with van der Waals surface area (Å²) in [6.07, 6.45) is 0.143. The maximum atomic E-state index is 6.00. The number of rotatable bonds is 3. The lowest BCUT2D eigenvalue weighted by atomic mass is 9.98. The van der Waals surface area contributed by atoms with Crippen molar-refractivity contribution in [2.75, 3.05) is 19.6 Å². The van der Waals surface area contributed by atoms with Crippen LogP contribution in [0.4, 0.5) is 0 Å². The van der Waals surface area contributed by atoms with E-state index in [2.05, 4.69) is 51.7 Å². The smallest absolute Gasteiger partial charge is 0.0831 e. The van der Waals surface area contributed by atoms with Crippen LogP contribution in [-0.4, -0.2) is 36.2 Å². The largest absolute Gasteiger partial charge is 0.368 e. The van der Waals surface area contributed by atoms with E-state index in [0.29, 0.717) is 6.54 Å². The lowest BCUT2D eigenvalue weighted by Gasteiger charge is -2.43. The minimum atomic E-state index is -0.116. The predicted molar refractivity (Wildman–Crippen MR) is 83.9 cm³/mol. The second-order valence-corrected chi connectivity index (χ2v) is 6.78. The Bertz CT molecular complexity index is 459. The molecule has 0 radical (unpaired) electrons. The number of nitrogens with two attached hydrogens (primary N) is 1. The van der Waals surface area contributed by atoms with E-state index in [1.165, 1.54) is 22.3 Å². The van der Waals surface area contributed by atoms with E-state index in [4.69, 9.17) is 10.5 Å². The van der Waals surface area contributed by atoms with Gasteiger partial charge in [-0.3, -0.25) is 4.90 Å². The van der Waals surface area contributed by atoms with Crippen molar-refractivity contribution in [2.45, 2.75) is 52.9 Å². The molecule has 2 rings (SSSR count). The van der Waals surface area contributed by atoms with Crippen LogP contribution in [0.3, 0.4) is 0 Å². The maximum Gasteiger partial charge on any atom is 0.0831 e. The molecule has 112 valence electrons. The van der Waals surface area contributed by atoms with Crippen LogP contribution in [0.25, 0.3) is 0 Å². The van der Waals surface area contributed by atoms with E-state index < -0.39 is 0 Å². The third kappa shape index (κ3) is 3.60. The molecule has 0 amide bonds. The molecular formula is C17H28N2O. The van der Waals surface area contributed by atoms with Gasteiger partial charge in [-0.25, -0.2) is 0 Å². The van der Waals surface area contributed by atoms with Crippen molar-refractivity contribution in [2.24, 2.45) is 5.73 Å². The quantitative estimate of drug-likeness (QED) is 0.922. The van der Waals surface area contributed by atoms with Crippen molar-refractivity contribution in [1.29, 1.82) is 0 Å². The van der Waals surface area contributed by atoms with Crippen LogP contribution in [0.2, 0.25) is 0 Å². The van der Waals surface area contributed by atoms with Crippen LogP contribution in [-0.2, 0) is 11.3 Å². The number of ether oxygens (including phenoxy) is 1. The lowest BCUT2D eigenvalue weighted by molar-refractivity contribution is -0.134. The fraction of sp³-hybridized carbons (Fsp3) is 0.647. The molecule has 1 aromatic rings. The standard InChI is InChI=1S/C17H28N2O/c1-12-6-13(2)16(14(3)7-12)10-19-9-15(8-18)20-17(4,5)11-19/h6-7,15H,8-11,18H2,1-5H3. The molecular weight excluding hydrogens is 248 g/mol. The third-order valence-corrected chi connectivity index (χ3v) is 4.04. The van der Waals surface area contributed by atoms with Crippen molar-refractivity contribution < 1.29 is 4.74 Å². The van der Waals surface area contributed by atoms with Gasteiger partial charge in [0.2, 0.25) is 0 Å². The molecule has 1 aliphatic rings. The zero-order chi connectivity index (χ0) is 14.9. The predicted octanol–water partition coefficient (Wildman–Crippen LogP) is 2.55. The van der Waals surface area contributed by atoms with Crippen LogP contribution in [0.5, 0.6) is 0 Å². The first-order chi connectivity index (χ1) is 9.30. The van der Waals surface area contributed by atoms with Crippen LogP contribution in [0.1, 0.15) is 36.1 Å². The van der Waals surface area contributed by atoms with Gasteiger partial charge >= 0.3 is 0 Å². The number of morpholine rings is 1. The molecule has 20 heavy (non-hydrogen) atoms. The van der Waals surface area contributed by atoms with Crippen molar-refractivity contribution in [3.05, 3.63) is 34.4 Å². The Morgan fingerprint density at radius 1 is 1.25 bits per heavy atom. The number of hydrogen-bond donors (Lipinski definition) is 1. The average molecular weight is 276 g/mol. The molecule has 2 N–H and O–H groups in total. The van der Waals surface area contributed by atoms with Gasteiger partial charge in [0.05, 0.1) is 11.7 Å². The van der Waals surface area contributed by atoms with Crippen LogP contribution < -0.4 is 5.73 Å². The van der Waals surface area contributed by atoms with Gasteiger partial charge in [0, 0.05) is 26.2 Å². The van der Waals surface area contributed by atoms with Gasteiger partial charge in [0.25, 0.3) is 0 Å². The molecule has 1 aliphatic heterocycles. The number of hydrogen-bond acceptors (Lipinski definition) is 3. The highest BCUT2D eigenvalue weighted by atomic mass is 16.5. The minimum absolute atomic E-state index is 0.116. The third-order valence-electron chi connectivity index (χ3n) is 4.04. The van der Waals surface area contributed by atoms with Gasteiger partial charge in [-0.2, -0.15) is 0 Å². The number of nitrogens with zero attached hydrogens (tertiary/aromatic N) is 1. The molecule has 0 aliphatic carbocycles. The molecule has 0 spiro atoms. The van der Waals surface area contributed by atoms with Gasteiger partial charge in [0.1, 0.15) is 0 Å². The highest BCUT2D eigenvalue weighted by molar-refractivity contribution is 5.37. The molecule has 1 unspecified atom stereocenters. The van der Waals surface area contributed by atoms with Crippen LogP contribution in [0, 0.1) is 20.8 Å². The molecule has 1 aromatic carbocycles. The summed E-state index contributed by atoms with van der Waals surface area (Å²) in [4.78, 5) is 2.48. The normalized spacial score (nSPS) is 23.0. The minimum Gasteiger partial charge on any atom is -0.368 e. The van der Waals surface area contributed by atoms with Gasteiger partial charge in [-0.1, -0.05) is 17.7 Å². The molecule has 0 saturated carbocycles. The van der Waals surface area contributed by atoms with E-state index in [1.54, 1.807) is 0 Å². The fourth-order valence-electron chi connectivity index (χ4n) is 3.34. The van der Waals surface area contributed by atoms with E-state index in [0.717, 1.165) is 19.6 Å². The topological polar surface area (TPSA) is 38.5 Å². The zero-order valence-corrected chi connectivity index (χ0v) is 13.5. The van der Waals surface area contributed by atoms with Gasteiger partial charge in [-0.15, -0.1) is 0 Å². The molecule has 3 nitrogen and oxygen atoms in total. The Hall–Kier alpha value is -0.900. The highest BCUT2D eigenvalue weighted by Crippen LogP contribution is 2.24. The van der Waals surface area contributed by atoms with Crippen molar-refractivity contribution >= 4 is 0 Å². The second-order valence-electron chi connectivity index (χ2n) is 6.78. The Kier molecular flexibility index (Phi) is 4.52. The highest BCUT2D eigenvalue weighted by Gasteiger charge is 2.32. The summed E-state index contributed by atoms with van der Waals surface area (Å²) in [6.45, 7) is 14.3. The fourth-order valence-corrected chi connectivity index (χ4v) is 3.34. The van der Waals surface area contributed by atoms with E-state index in [9.17, 15) is 0 Å². The Balaban J connectivity index is 2.17. The summed E-state index contributed by atoms with van der Waals surface area (Å²) >= 11 is 0. The first-order valence-electron chi connectivity index (χ1n) is 7.48. The van der Waals surface area contributed by atoms with Gasteiger partial charge in [0.15, 0.2) is 0 Å². The SMILES string of the molecule is Cc1cc(C)c(CN2CC(CN)OC(C)(C)C2)c(C)c1.